The number of nitrogens with zero attached hydrogens (tertiary/aromatic N) is 1. The van der Waals surface area contributed by atoms with Crippen LogP contribution in [0.4, 0.5) is 0 Å². The summed E-state index contributed by atoms with van der Waals surface area (Å²) in [7, 11) is 1.61. The maximum atomic E-state index is 12.5. The molecule has 2 atom stereocenters. The van der Waals surface area contributed by atoms with Crippen LogP contribution in [-0.4, -0.2) is 35.7 Å². The minimum atomic E-state index is -0.517. The molecule has 2 heterocycles. The number of β-amino-alcohol motifs (C(OH)–C–C–N with tert-alkyl or cyclic N) is 1. The van der Waals surface area contributed by atoms with Crippen molar-refractivity contribution in [2.24, 2.45) is 0 Å². The smallest absolute Gasteiger partial charge is 0.257 e. The molecule has 1 aromatic heterocycles. The SMILES string of the molecule is COc1cccc(C2CC(O)CN2C(=O)c2ccoc2)c1. The van der Waals surface area contributed by atoms with E-state index in [0.717, 1.165) is 11.3 Å². The molecule has 21 heavy (non-hydrogen) atoms. The predicted octanol–water partition coefficient (Wildman–Crippen LogP) is 2.24. The van der Waals surface area contributed by atoms with E-state index in [9.17, 15) is 9.90 Å². The van der Waals surface area contributed by atoms with Gasteiger partial charge in [0.1, 0.15) is 12.0 Å². The topological polar surface area (TPSA) is 62.9 Å². The van der Waals surface area contributed by atoms with Gasteiger partial charge in [-0.05, 0) is 30.2 Å². The molecule has 3 rings (SSSR count). The highest BCUT2D eigenvalue weighted by molar-refractivity contribution is 5.94. The quantitative estimate of drug-likeness (QED) is 0.940. The summed E-state index contributed by atoms with van der Waals surface area (Å²) in [5.41, 5.74) is 1.46. The zero-order chi connectivity index (χ0) is 14.8. The first-order chi connectivity index (χ1) is 10.2. The lowest BCUT2D eigenvalue weighted by Crippen LogP contribution is -2.31. The summed E-state index contributed by atoms with van der Waals surface area (Å²) in [4.78, 5) is 14.2. The summed E-state index contributed by atoms with van der Waals surface area (Å²) >= 11 is 0. The number of carbonyl (C=O) groups is 1. The van der Waals surface area contributed by atoms with E-state index in [-0.39, 0.29) is 11.9 Å². The van der Waals surface area contributed by atoms with Gasteiger partial charge in [-0.3, -0.25) is 4.79 Å². The van der Waals surface area contributed by atoms with Crippen molar-refractivity contribution in [3.05, 3.63) is 54.0 Å². The predicted molar refractivity (Wildman–Crippen MR) is 76.1 cm³/mol. The van der Waals surface area contributed by atoms with Gasteiger partial charge in [0.05, 0.1) is 31.1 Å². The van der Waals surface area contributed by atoms with Gasteiger partial charge in [-0.25, -0.2) is 0 Å². The number of rotatable bonds is 3. The average molecular weight is 287 g/mol. The number of carbonyl (C=O) groups excluding carboxylic acids is 1. The third kappa shape index (κ3) is 2.64. The molecule has 1 saturated heterocycles. The standard InChI is InChI=1S/C16H17NO4/c1-20-14-4-2-3-11(7-14)15-8-13(18)9-17(15)16(19)12-5-6-21-10-12/h2-7,10,13,15,18H,8-9H2,1H3. The molecule has 0 bridgehead atoms. The van der Waals surface area contributed by atoms with Crippen LogP contribution in [0.15, 0.2) is 47.3 Å². The first-order valence-corrected chi connectivity index (χ1v) is 6.84. The molecule has 5 heteroatoms. The Morgan fingerprint density at radius 3 is 3.00 bits per heavy atom. The van der Waals surface area contributed by atoms with Gasteiger partial charge in [0.2, 0.25) is 0 Å². The number of amides is 1. The van der Waals surface area contributed by atoms with Gasteiger partial charge in [-0.15, -0.1) is 0 Å². The Hall–Kier alpha value is -2.27. The zero-order valence-electron chi connectivity index (χ0n) is 11.7. The molecular weight excluding hydrogens is 270 g/mol. The summed E-state index contributed by atoms with van der Waals surface area (Å²) in [6, 6.07) is 9.07. The molecule has 0 radical (unpaired) electrons. The number of hydrogen-bond donors (Lipinski definition) is 1. The van der Waals surface area contributed by atoms with Crippen LogP contribution in [0.3, 0.4) is 0 Å². The number of furan rings is 1. The number of likely N-dealkylation sites (tertiary alicyclic amines) is 1. The van der Waals surface area contributed by atoms with Crippen molar-refractivity contribution in [3.8, 4) is 5.75 Å². The van der Waals surface area contributed by atoms with Gasteiger partial charge in [0.15, 0.2) is 0 Å². The molecule has 2 unspecified atom stereocenters. The monoisotopic (exact) mass is 287 g/mol. The second-order valence-corrected chi connectivity index (χ2v) is 5.15. The number of benzene rings is 1. The maximum absolute atomic E-state index is 12.5. The number of aliphatic hydroxyl groups excluding tert-OH is 1. The molecular formula is C16H17NO4. The normalized spacial score (nSPS) is 21.5. The molecule has 110 valence electrons. The van der Waals surface area contributed by atoms with Gasteiger partial charge >= 0.3 is 0 Å². The van der Waals surface area contributed by atoms with Crippen LogP contribution in [0.1, 0.15) is 28.4 Å². The number of hydrogen-bond acceptors (Lipinski definition) is 4. The van der Waals surface area contributed by atoms with Crippen LogP contribution in [0.5, 0.6) is 5.75 Å². The van der Waals surface area contributed by atoms with Crippen molar-refractivity contribution in [2.45, 2.75) is 18.6 Å². The van der Waals surface area contributed by atoms with Gasteiger partial charge in [-0.2, -0.15) is 0 Å². The van der Waals surface area contributed by atoms with Crippen LogP contribution in [-0.2, 0) is 0 Å². The first-order valence-electron chi connectivity index (χ1n) is 6.84. The Kier molecular flexibility index (Phi) is 3.66. The third-order valence-electron chi connectivity index (χ3n) is 3.79. The molecule has 1 amide bonds. The van der Waals surface area contributed by atoms with E-state index in [4.69, 9.17) is 9.15 Å². The van der Waals surface area contributed by atoms with Crippen molar-refractivity contribution in [1.29, 1.82) is 0 Å². The van der Waals surface area contributed by atoms with Gasteiger partial charge in [0, 0.05) is 6.54 Å². The van der Waals surface area contributed by atoms with Crippen molar-refractivity contribution >= 4 is 5.91 Å². The fourth-order valence-corrected chi connectivity index (χ4v) is 2.76. The highest BCUT2D eigenvalue weighted by Crippen LogP contribution is 2.34. The Bertz CT molecular complexity index is 623. The summed E-state index contributed by atoms with van der Waals surface area (Å²) in [6.45, 7) is 0.325. The van der Waals surface area contributed by atoms with Gasteiger partial charge < -0.3 is 19.2 Å². The van der Waals surface area contributed by atoms with Gasteiger partial charge in [0.25, 0.3) is 5.91 Å². The molecule has 1 N–H and O–H groups in total. The lowest BCUT2D eigenvalue weighted by molar-refractivity contribution is 0.0715. The Balaban J connectivity index is 1.90. The van der Waals surface area contributed by atoms with Crippen LogP contribution >= 0.6 is 0 Å². The van der Waals surface area contributed by atoms with Crippen LogP contribution in [0, 0.1) is 0 Å². The van der Waals surface area contributed by atoms with E-state index in [0.29, 0.717) is 18.5 Å². The number of ether oxygens (including phenoxy) is 1. The van der Waals surface area contributed by atoms with E-state index in [1.165, 1.54) is 12.5 Å². The largest absolute Gasteiger partial charge is 0.497 e. The van der Waals surface area contributed by atoms with E-state index in [2.05, 4.69) is 0 Å². The van der Waals surface area contributed by atoms with E-state index in [1.54, 1.807) is 18.1 Å². The minimum absolute atomic E-state index is 0.131. The number of aliphatic hydroxyl groups is 1. The Labute approximate surface area is 122 Å². The molecule has 0 saturated carbocycles. The van der Waals surface area contributed by atoms with E-state index < -0.39 is 6.10 Å². The van der Waals surface area contributed by atoms with Crippen molar-refractivity contribution < 1.29 is 19.1 Å². The Morgan fingerprint density at radius 2 is 2.29 bits per heavy atom. The molecule has 1 aliphatic heterocycles. The lowest BCUT2D eigenvalue weighted by atomic mass is 10.0. The van der Waals surface area contributed by atoms with E-state index in [1.807, 2.05) is 24.3 Å². The second kappa shape index (κ2) is 5.61. The maximum Gasteiger partial charge on any atom is 0.257 e. The zero-order valence-corrected chi connectivity index (χ0v) is 11.7. The summed E-state index contributed by atoms with van der Waals surface area (Å²) in [5.74, 6) is 0.609. The molecule has 0 aliphatic carbocycles. The van der Waals surface area contributed by atoms with E-state index >= 15 is 0 Å². The molecule has 1 aromatic carbocycles. The minimum Gasteiger partial charge on any atom is -0.497 e. The highest BCUT2D eigenvalue weighted by atomic mass is 16.5. The fraction of sp³-hybridized carbons (Fsp3) is 0.312. The van der Waals surface area contributed by atoms with Crippen molar-refractivity contribution in [2.75, 3.05) is 13.7 Å². The summed E-state index contributed by atoms with van der Waals surface area (Å²) < 4.78 is 10.2. The van der Waals surface area contributed by atoms with Crippen LogP contribution < -0.4 is 4.74 Å². The summed E-state index contributed by atoms with van der Waals surface area (Å²) in [6.07, 6.45) is 2.91. The first kappa shape index (κ1) is 13.7. The molecule has 1 fully saturated rings. The van der Waals surface area contributed by atoms with Crippen LogP contribution in [0.25, 0.3) is 0 Å². The van der Waals surface area contributed by atoms with Crippen molar-refractivity contribution in [1.82, 2.24) is 4.90 Å². The van der Waals surface area contributed by atoms with Crippen molar-refractivity contribution in [3.63, 3.8) is 0 Å². The lowest BCUT2D eigenvalue weighted by Gasteiger charge is -2.24. The molecule has 5 nitrogen and oxygen atoms in total. The van der Waals surface area contributed by atoms with Crippen LogP contribution in [0.2, 0.25) is 0 Å². The second-order valence-electron chi connectivity index (χ2n) is 5.15. The summed E-state index contributed by atoms with van der Waals surface area (Å²) in [5, 5.41) is 9.96. The molecule has 2 aromatic rings. The molecule has 0 spiro atoms. The fourth-order valence-electron chi connectivity index (χ4n) is 2.76. The Morgan fingerprint density at radius 1 is 1.43 bits per heavy atom. The number of methoxy groups -OCH3 is 1. The highest BCUT2D eigenvalue weighted by Gasteiger charge is 2.36. The average Bonchev–Trinajstić information content (AvgIpc) is 3.16. The third-order valence-corrected chi connectivity index (χ3v) is 3.79. The van der Waals surface area contributed by atoms with Gasteiger partial charge in [-0.1, -0.05) is 12.1 Å². The molecule has 1 aliphatic rings.